The van der Waals surface area contributed by atoms with Crippen LogP contribution in [0.25, 0.3) is 0 Å². The van der Waals surface area contributed by atoms with Crippen LogP contribution in [0.4, 0.5) is 0 Å². The van der Waals surface area contributed by atoms with Crippen molar-refractivity contribution in [3.05, 3.63) is 45.4 Å². The zero-order valence-electron chi connectivity index (χ0n) is 19.0. The molecule has 14 nitrogen and oxygen atoms in total. The number of amides is 2. The van der Waals surface area contributed by atoms with E-state index in [9.17, 15) is 36.6 Å². The van der Waals surface area contributed by atoms with Crippen LogP contribution < -0.4 is 9.77 Å². The lowest BCUT2D eigenvalue weighted by Crippen LogP contribution is -2.24. The molecule has 0 unspecified atom stereocenters. The van der Waals surface area contributed by atoms with Gasteiger partial charge in [-0.3, -0.25) is 9.59 Å². The summed E-state index contributed by atoms with van der Waals surface area (Å²) in [5.41, 5.74) is -0.476. The second-order valence-electron chi connectivity index (χ2n) is 7.19. The van der Waals surface area contributed by atoms with Crippen molar-refractivity contribution in [1.82, 2.24) is 19.6 Å². The highest BCUT2D eigenvalue weighted by molar-refractivity contribution is 7.89. The van der Waals surface area contributed by atoms with Gasteiger partial charge in [0.2, 0.25) is 0 Å². The van der Waals surface area contributed by atoms with E-state index in [4.69, 9.17) is 33.6 Å². The number of carbonyl (C=O) groups excluding carboxylic acids is 2. The Kier molecular flexibility index (Phi) is 10.5. The van der Waals surface area contributed by atoms with Crippen LogP contribution >= 0.6 is 23.2 Å². The highest BCUT2D eigenvalue weighted by Crippen LogP contribution is 2.31. The van der Waals surface area contributed by atoms with Gasteiger partial charge in [0, 0.05) is 40.3 Å². The van der Waals surface area contributed by atoms with Gasteiger partial charge in [0.1, 0.15) is 21.3 Å². The molecule has 0 aliphatic carbocycles. The van der Waals surface area contributed by atoms with E-state index < -0.39 is 53.2 Å². The van der Waals surface area contributed by atoms with Crippen molar-refractivity contribution in [2.24, 2.45) is 0 Å². The van der Waals surface area contributed by atoms with E-state index in [1.54, 1.807) is 0 Å². The highest BCUT2D eigenvalue weighted by atomic mass is 35.5. The summed E-state index contributed by atoms with van der Waals surface area (Å²) in [5, 5.41) is 35.5. The van der Waals surface area contributed by atoms with Crippen molar-refractivity contribution in [1.29, 1.82) is 0 Å². The van der Waals surface area contributed by atoms with Gasteiger partial charge < -0.3 is 30.4 Å². The lowest BCUT2D eigenvalue weighted by Gasteiger charge is -2.13. The zero-order chi connectivity index (χ0) is 28.2. The number of phenolic OH excluding ortho intramolecular Hbond substituents is 2. The molecule has 0 aromatic heterocycles. The van der Waals surface area contributed by atoms with Crippen LogP contribution in [0.2, 0.25) is 10.0 Å². The first-order valence-corrected chi connectivity index (χ1v) is 12.9. The monoisotopic (exact) mass is 588 g/mol. The number of rotatable bonds is 6. The molecule has 0 aliphatic rings. The molecule has 2 aromatic carbocycles. The number of aromatic hydroxyl groups is 2. The third kappa shape index (κ3) is 7.17. The van der Waals surface area contributed by atoms with E-state index in [1.165, 1.54) is 28.2 Å². The van der Waals surface area contributed by atoms with E-state index in [0.717, 1.165) is 43.8 Å². The second-order valence-corrected chi connectivity index (χ2v) is 11.3. The molecule has 0 radical (unpaired) electrons. The highest BCUT2D eigenvalue weighted by Gasteiger charge is 2.24. The fourth-order valence-electron chi connectivity index (χ4n) is 2.42. The molecule has 6 N–H and O–H groups in total. The molecule has 2 amide bonds. The number of hydrogen-bond donors (Lipinski definition) is 6. The Hall–Kier alpha value is -2.70. The Bertz CT molecular complexity index is 1280. The van der Waals surface area contributed by atoms with Gasteiger partial charge in [0.25, 0.3) is 31.9 Å². The number of hydrogen-bond acceptors (Lipinski definition) is 10. The molecule has 0 spiro atoms. The third-order valence-electron chi connectivity index (χ3n) is 4.19. The summed E-state index contributed by atoms with van der Waals surface area (Å²) in [7, 11) is -2.71. The average molecular weight is 589 g/mol. The van der Waals surface area contributed by atoms with Crippen molar-refractivity contribution < 1.29 is 47.1 Å². The summed E-state index contributed by atoms with van der Waals surface area (Å²) in [6.07, 6.45) is 0. The lowest BCUT2D eigenvalue weighted by molar-refractivity contribution is 0.0816. The fraction of sp³-hybridized carbons (Fsp3) is 0.222. The maximum absolute atomic E-state index is 11.7. The average Bonchev–Trinajstić information content (AvgIpc) is 2.78. The van der Waals surface area contributed by atoms with E-state index in [0.29, 0.717) is 0 Å². The van der Waals surface area contributed by atoms with Crippen molar-refractivity contribution >= 4 is 55.1 Å². The topological polar surface area (TPSA) is 214 Å². The van der Waals surface area contributed by atoms with E-state index in [2.05, 4.69) is 0 Å². The Balaban J connectivity index is 0.000000360. The van der Waals surface area contributed by atoms with Gasteiger partial charge in [0.05, 0.1) is 21.2 Å². The molecule has 0 atom stereocenters. The normalized spacial score (nSPS) is 11.3. The van der Waals surface area contributed by atoms with Crippen LogP contribution in [-0.4, -0.2) is 87.3 Å². The maximum atomic E-state index is 11.7. The van der Waals surface area contributed by atoms with Crippen molar-refractivity contribution in [2.45, 2.75) is 9.79 Å². The quantitative estimate of drug-likeness (QED) is 0.261. The second kappa shape index (κ2) is 12.0. The molecule has 2 aromatic rings. The molecule has 0 bridgehead atoms. The Labute approximate surface area is 216 Å². The molecule has 0 saturated heterocycles. The van der Waals surface area contributed by atoms with E-state index in [-0.39, 0.29) is 21.2 Å². The molecule has 18 heteroatoms. The SMILES string of the molecule is CN(C)C(=O)c1cc(S(=O)(=O)NO)c(Cl)cc1O.CN(C)C(=O)c1cc(S(=O)(=O)NO)c(Cl)cc1O. The van der Waals surface area contributed by atoms with Gasteiger partial charge in [-0.25, -0.2) is 16.8 Å². The molecule has 0 aliphatic heterocycles. The van der Waals surface area contributed by atoms with Crippen LogP contribution in [0.5, 0.6) is 11.5 Å². The van der Waals surface area contributed by atoms with E-state index >= 15 is 0 Å². The van der Waals surface area contributed by atoms with Gasteiger partial charge in [-0.1, -0.05) is 33.0 Å². The van der Waals surface area contributed by atoms with Crippen molar-refractivity contribution in [3.8, 4) is 11.5 Å². The molecule has 0 saturated carbocycles. The Morgan fingerprint density at radius 1 is 0.694 bits per heavy atom. The van der Waals surface area contributed by atoms with Gasteiger partial charge >= 0.3 is 0 Å². The summed E-state index contributed by atoms with van der Waals surface area (Å²) in [6, 6.07) is 3.61. The molecule has 200 valence electrons. The zero-order valence-corrected chi connectivity index (χ0v) is 22.2. The minimum atomic E-state index is -4.24. The van der Waals surface area contributed by atoms with Crippen LogP contribution in [0.15, 0.2) is 34.1 Å². The predicted molar refractivity (Wildman–Crippen MR) is 126 cm³/mol. The summed E-state index contributed by atoms with van der Waals surface area (Å²) in [4.78, 5) is 26.9. The van der Waals surface area contributed by atoms with Gasteiger partial charge in [-0.2, -0.15) is 0 Å². The van der Waals surface area contributed by atoms with Crippen LogP contribution in [0.1, 0.15) is 20.7 Å². The first kappa shape index (κ1) is 31.3. The molecular weight excluding hydrogens is 567 g/mol. The largest absolute Gasteiger partial charge is 0.507 e. The summed E-state index contributed by atoms with van der Waals surface area (Å²) in [6.45, 7) is 0. The van der Waals surface area contributed by atoms with Crippen LogP contribution in [0, 0.1) is 0 Å². The molecule has 0 heterocycles. The van der Waals surface area contributed by atoms with E-state index in [1.807, 2.05) is 0 Å². The first-order chi connectivity index (χ1) is 16.4. The number of benzene rings is 2. The Morgan fingerprint density at radius 2 is 0.972 bits per heavy atom. The predicted octanol–water partition coefficient (Wildman–Crippen LogP) is 0.830. The minimum absolute atomic E-state index is 0.238. The van der Waals surface area contributed by atoms with Crippen LogP contribution in [0.3, 0.4) is 0 Å². The lowest BCUT2D eigenvalue weighted by atomic mass is 10.2. The minimum Gasteiger partial charge on any atom is -0.507 e. The van der Waals surface area contributed by atoms with Gasteiger partial charge in [-0.05, 0) is 12.1 Å². The van der Waals surface area contributed by atoms with Gasteiger partial charge in [0.15, 0.2) is 0 Å². The molecule has 0 fully saturated rings. The number of carbonyl (C=O) groups is 2. The number of halogens is 2. The maximum Gasteiger partial charge on any atom is 0.263 e. The van der Waals surface area contributed by atoms with Crippen molar-refractivity contribution in [2.75, 3.05) is 28.2 Å². The fourth-order valence-corrected chi connectivity index (χ4v) is 4.72. The number of nitrogens with one attached hydrogen (secondary N) is 2. The molecule has 2 rings (SSSR count). The van der Waals surface area contributed by atoms with Gasteiger partial charge in [-0.15, -0.1) is 0 Å². The number of phenols is 2. The van der Waals surface area contributed by atoms with Crippen LogP contribution in [-0.2, 0) is 20.0 Å². The molecule has 36 heavy (non-hydrogen) atoms. The number of nitrogens with zero attached hydrogens (tertiary/aromatic N) is 2. The summed E-state index contributed by atoms with van der Waals surface area (Å²) in [5.74, 6) is -2.09. The summed E-state index contributed by atoms with van der Waals surface area (Å²) >= 11 is 11.3. The first-order valence-electron chi connectivity index (χ1n) is 9.21. The molecular formula is C18H22Cl2N4O10S2. The number of sulfonamides is 2. The third-order valence-corrected chi connectivity index (χ3v) is 7.36. The van der Waals surface area contributed by atoms with Crippen molar-refractivity contribution in [3.63, 3.8) is 0 Å². The summed E-state index contributed by atoms with van der Waals surface area (Å²) < 4.78 is 45.7. The standard InChI is InChI=1S/2C9H11ClN2O5S/c2*1-12(2)9(14)5-3-8(18(16,17)11-15)6(10)4-7(5)13/h2*3-4,11,13,15H,1-2H3. The smallest absolute Gasteiger partial charge is 0.263 e. The Morgan fingerprint density at radius 3 is 1.19 bits per heavy atom.